The van der Waals surface area contributed by atoms with Crippen LogP contribution < -0.4 is 0 Å². The molecule has 0 aromatic heterocycles. The van der Waals surface area contributed by atoms with Gasteiger partial charge in [-0.2, -0.15) is 13.2 Å². The molecule has 3 aromatic rings. The molecule has 0 radical (unpaired) electrons. The van der Waals surface area contributed by atoms with Gasteiger partial charge in [-0.15, -0.1) is 0 Å². The Morgan fingerprint density at radius 1 is 0.938 bits per heavy atom. The molecule has 0 unspecified atom stereocenters. The number of hydrogen-bond donors (Lipinski definition) is 0. The summed E-state index contributed by atoms with van der Waals surface area (Å²) in [6.45, 7) is 6.16. The monoisotopic (exact) mass is 443 g/mol. The Balaban J connectivity index is 1.75. The molecule has 3 nitrogen and oxygen atoms in total. The van der Waals surface area contributed by atoms with Crippen LogP contribution >= 0.6 is 0 Å². The Morgan fingerprint density at radius 2 is 1.62 bits per heavy atom. The van der Waals surface area contributed by atoms with E-state index < -0.39 is 23.4 Å². The van der Waals surface area contributed by atoms with Crippen molar-refractivity contribution in [2.75, 3.05) is 6.54 Å². The molecule has 0 aliphatic carbocycles. The first-order valence-corrected chi connectivity index (χ1v) is 10.6. The molecule has 0 bridgehead atoms. The molecule has 0 atom stereocenters. The number of carbonyl (C=O) groups excluding carboxylic acids is 1. The number of nitrogens with zero attached hydrogens (tertiary/aromatic N) is 1. The Kier molecular flexibility index (Phi) is 7.12. The van der Waals surface area contributed by atoms with E-state index in [1.165, 1.54) is 12.1 Å². The molecule has 6 heteroatoms. The Bertz CT molecular complexity index is 1070. The third-order valence-electron chi connectivity index (χ3n) is 5.04. The first kappa shape index (κ1) is 23.6. The SMILES string of the molecule is CC(C)(C)OC(=O)N(CCCc1cccc(C(F)(F)F)c1)Cc1cccc2ccccc12. The molecule has 0 aliphatic rings. The standard InChI is InChI=1S/C26H28F3NO2/c1-25(2,3)32-24(31)30(18-21-13-7-12-20-11-4-5-15-23(20)21)16-8-10-19-9-6-14-22(17-19)26(27,28)29/h4-7,9,11-15,17H,8,10,16,18H2,1-3H3. The highest BCUT2D eigenvalue weighted by Crippen LogP contribution is 2.30. The van der Waals surface area contributed by atoms with Crippen molar-refractivity contribution in [1.82, 2.24) is 4.90 Å². The Morgan fingerprint density at radius 3 is 2.34 bits per heavy atom. The van der Waals surface area contributed by atoms with Crippen molar-refractivity contribution in [3.63, 3.8) is 0 Å². The molecule has 170 valence electrons. The molecule has 3 rings (SSSR count). The van der Waals surface area contributed by atoms with Crippen molar-refractivity contribution in [2.24, 2.45) is 0 Å². The fraction of sp³-hybridized carbons (Fsp3) is 0.346. The van der Waals surface area contributed by atoms with Gasteiger partial charge in [0.05, 0.1) is 5.56 Å². The van der Waals surface area contributed by atoms with E-state index in [2.05, 4.69) is 0 Å². The first-order chi connectivity index (χ1) is 15.0. The fourth-order valence-corrected chi connectivity index (χ4v) is 3.57. The number of benzene rings is 3. The molecular formula is C26H28F3NO2. The summed E-state index contributed by atoms with van der Waals surface area (Å²) >= 11 is 0. The van der Waals surface area contributed by atoms with Crippen LogP contribution in [0.2, 0.25) is 0 Å². The molecule has 0 aliphatic heterocycles. The van der Waals surface area contributed by atoms with E-state index in [9.17, 15) is 18.0 Å². The maximum absolute atomic E-state index is 13.0. The summed E-state index contributed by atoms with van der Waals surface area (Å²) in [5, 5.41) is 2.14. The van der Waals surface area contributed by atoms with E-state index in [1.807, 2.05) is 63.2 Å². The zero-order chi connectivity index (χ0) is 23.4. The summed E-state index contributed by atoms with van der Waals surface area (Å²) in [4.78, 5) is 14.5. The first-order valence-electron chi connectivity index (χ1n) is 10.6. The van der Waals surface area contributed by atoms with Crippen LogP contribution in [0.5, 0.6) is 0 Å². The predicted molar refractivity (Wildman–Crippen MR) is 120 cm³/mol. The van der Waals surface area contributed by atoms with Gasteiger partial charge in [-0.3, -0.25) is 0 Å². The lowest BCUT2D eigenvalue weighted by atomic mass is 10.0. The molecule has 1 amide bonds. The number of fused-ring (bicyclic) bond motifs is 1. The van der Waals surface area contributed by atoms with E-state index in [-0.39, 0.29) is 0 Å². The summed E-state index contributed by atoms with van der Waals surface area (Å²) in [7, 11) is 0. The smallest absolute Gasteiger partial charge is 0.416 e. The molecule has 0 N–H and O–H groups in total. The number of amides is 1. The third kappa shape index (κ3) is 6.49. The molecule has 0 spiro atoms. The topological polar surface area (TPSA) is 29.5 Å². The van der Waals surface area contributed by atoms with Gasteiger partial charge >= 0.3 is 12.3 Å². The zero-order valence-corrected chi connectivity index (χ0v) is 18.6. The van der Waals surface area contributed by atoms with Gasteiger partial charge in [-0.1, -0.05) is 60.7 Å². The predicted octanol–water partition coefficient (Wildman–Crippen LogP) is 7.23. The van der Waals surface area contributed by atoms with Crippen molar-refractivity contribution in [2.45, 2.75) is 51.9 Å². The van der Waals surface area contributed by atoms with Gasteiger partial charge in [0.2, 0.25) is 0 Å². The normalized spacial score (nSPS) is 12.1. The average molecular weight is 444 g/mol. The minimum Gasteiger partial charge on any atom is -0.444 e. The highest BCUT2D eigenvalue weighted by molar-refractivity contribution is 5.86. The molecule has 0 saturated carbocycles. The number of aryl methyl sites for hydroxylation is 1. The lowest BCUT2D eigenvalue weighted by Gasteiger charge is -2.28. The van der Waals surface area contributed by atoms with Crippen molar-refractivity contribution < 1.29 is 22.7 Å². The van der Waals surface area contributed by atoms with Crippen molar-refractivity contribution in [3.05, 3.63) is 83.4 Å². The minimum absolute atomic E-state index is 0.360. The van der Waals surface area contributed by atoms with Crippen LogP contribution in [-0.2, 0) is 23.9 Å². The molecule has 0 heterocycles. The van der Waals surface area contributed by atoms with Crippen LogP contribution in [0.15, 0.2) is 66.7 Å². The van der Waals surface area contributed by atoms with Gasteiger partial charge in [0.25, 0.3) is 0 Å². The number of halogens is 3. The van der Waals surface area contributed by atoms with Crippen molar-refractivity contribution in [3.8, 4) is 0 Å². The maximum Gasteiger partial charge on any atom is 0.416 e. The second-order valence-corrected chi connectivity index (χ2v) is 8.84. The average Bonchev–Trinajstić information content (AvgIpc) is 2.71. The lowest BCUT2D eigenvalue weighted by Crippen LogP contribution is -2.37. The van der Waals surface area contributed by atoms with Crippen LogP contribution in [0.25, 0.3) is 10.8 Å². The van der Waals surface area contributed by atoms with Crippen LogP contribution in [0, 0.1) is 0 Å². The van der Waals surface area contributed by atoms with Crippen molar-refractivity contribution >= 4 is 16.9 Å². The second kappa shape index (κ2) is 9.63. The third-order valence-corrected chi connectivity index (χ3v) is 5.04. The summed E-state index contributed by atoms with van der Waals surface area (Å²) in [5.41, 5.74) is 0.284. The van der Waals surface area contributed by atoms with Crippen molar-refractivity contribution in [1.29, 1.82) is 0 Å². The Labute approximate surface area is 186 Å². The molecule has 3 aromatic carbocycles. The van der Waals surface area contributed by atoms with Gasteiger partial charge in [0, 0.05) is 13.1 Å². The summed E-state index contributed by atoms with van der Waals surface area (Å²) in [5.74, 6) is 0. The van der Waals surface area contributed by atoms with E-state index in [4.69, 9.17) is 4.74 Å². The molecule has 0 saturated heterocycles. The summed E-state index contributed by atoms with van der Waals surface area (Å²) in [6.07, 6.45) is -3.86. The summed E-state index contributed by atoms with van der Waals surface area (Å²) in [6, 6.07) is 19.2. The maximum atomic E-state index is 13.0. The van der Waals surface area contributed by atoms with E-state index in [0.717, 1.165) is 22.4 Å². The minimum atomic E-state index is -4.37. The van der Waals surface area contributed by atoms with E-state index >= 15 is 0 Å². The van der Waals surface area contributed by atoms with Gasteiger partial charge in [-0.25, -0.2) is 4.79 Å². The van der Waals surface area contributed by atoms with Crippen LogP contribution in [0.3, 0.4) is 0 Å². The number of alkyl halides is 3. The Hall–Kier alpha value is -3.02. The fourth-order valence-electron chi connectivity index (χ4n) is 3.57. The highest BCUT2D eigenvalue weighted by Gasteiger charge is 2.30. The van der Waals surface area contributed by atoms with Crippen LogP contribution in [0.4, 0.5) is 18.0 Å². The highest BCUT2D eigenvalue weighted by atomic mass is 19.4. The van der Waals surface area contributed by atoms with Crippen LogP contribution in [0.1, 0.15) is 43.9 Å². The van der Waals surface area contributed by atoms with E-state index in [1.54, 1.807) is 11.0 Å². The number of carbonyl (C=O) groups is 1. The zero-order valence-electron chi connectivity index (χ0n) is 18.6. The molecule has 32 heavy (non-hydrogen) atoms. The van der Waals surface area contributed by atoms with Crippen LogP contribution in [-0.4, -0.2) is 23.1 Å². The number of rotatable bonds is 6. The quantitative estimate of drug-likeness (QED) is 0.402. The largest absolute Gasteiger partial charge is 0.444 e. The lowest BCUT2D eigenvalue weighted by molar-refractivity contribution is -0.137. The van der Waals surface area contributed by atoms with Gasteiger partial charge in [-0.05, 0) is 61.6 Å². The molecule has 0 fully saturated rings. The van der Waals surface area contributed by atoms with Gasteiger partial charge in [0.1, 0.15) is 5.60 Å². The van der Waals surface area contributed by atoms with Gasteiger partial charge < -0.3 is 9.64 Å². The summed E-state index contributed by atoms with van der Waals surface area (Å²) < 4.78 is 44.5. The number of ether oxygens (including phenoxy) is 1. The second-order valence-electron chi connectivity index (χ2n) is 8.84. The number of hydrogen-bond acceptors (Lipinski definition) is 2. The van der Waals surface area contributed by atoms with E-state index in [0.29, 0.717) is 31.5 Å². The van der Waals surface area contributed by atoms with Gasteiger partial charge in [0.15, 0.2) is 0 Å². The molecular weight excluding hydrogens is 415 g/mol.